The number of nitrogens with one attached hydrogen (secondary N) is 1. The van der Waals surface area contributed by atoms with Crippen LogP contribution in [0.4, 0.5) is 5.13 Å². The Morgan fingerprint density at radius 3 is 2.37 bits per heavy atom. The van der Waals surface area contributed by atoms with Crippen molar-refractivity contribution in [2.45, 2.75) is 11.8 Å². The van der Waals surface area contributed by atoms with Crippen molar-refractivity contribution in [1.82, 2.24) is 4.98 Å². The molecule has 0 saturated carbocycles. The van der Waals surface area contributed by atoms with Crippen LogP contribution in [0.25, 0.3) is 11.3 Å². The third kappa shape index (κ3) is 4.72. The summed E-state index contributed by atoms with van der Waals surface area (Å²) in [6.45, 7) is 2.54. The number of anilines is 1. The van der Waals surface area contributed by atoms with E-state index in [1.165, 1.54) is 35.6 Å². The molecule has 0 fully saturated rings. The maximum atomic E-state index is 12.3. The molecule has 8 heteroatoms. The van der Waals surface area contributed by atoms with Crippen molar-refractivity contribution in [3.63, 3.8) is 0 Å². The zero-order valence-corrected chi connectivity index (χ0v) is 16.4. The number of ether oxygens (including phenoxy) is 1. The lowest BCUT2D eigenvalue weighted by atomic mass is 10.2. The number of nitrogens with zero attached hydrogens (tertiary/aromatic N) is 1. The van der Waals surface area contributed by atoms with E-state index in [1.807, 2.05) is 36.6 Å². The lowest BCUT2D eigenvalue weighted by Crippen LogP contribution is -2.11. The summed E-state index contributed by atoms with van der Waals surface area (Å²) >= 11 is 1.32. The predicted octanol–water partition coefficient (Wildman–Crippen LogP) is 3.86. The summed E-state index contributed by atoms with van der Waals surface area (Å²) in [4.78, 5) is 16.9. The average molecular weight is 402 g/mol. The molecule has 140 valence electrons. The number of amides is 1. The molecule has 0 aliphatic rings. The van der Waals surface area contributed by atoms with Crippen molar-refractivity contribution >= 4 is 32.2 Å². The Balaban J connectivity index is 1.70. The molecule has 0 bridgehead atoms. The third-order valence-corrected chi connectivity index (χ3v) is 5.62. The molecule has 1 amide bonds. The monoisotopic (exact) mass is 402 g/mol. The van der Waals surface area contributed by atoms with Crippen LogP contribution >= 0.6 is 11.3 Å². The van der Waals surface area contributed by atoms with Gasteiger partial charge in [-0.05, 0) is 55.5 Å². The van der Waals surface area contributed by atoms with Crippen molar-refractivity contribution < 1.29 is 17.9 Å². The predicted molar refractivity (Wildman–Crippen MR) is 106 cm³/mol. The van der Waals surface area contributed by atoms with Crippen LogP contribution in [-0.2, 0) is 9.84 Å². The van der Waals surface area contributed by atoms with Crippen LogP contribution in [0.1, 0.15) is 17.3 Å². The molecule has 0 unspecified atom stereocenters. The first-order chi connectivity index (χ1) is 12.9. The second kappa shape index (κ2) is 7.89. The Kier molecular flexibility index (Phi) is 5.57. The smallest absolute Gasteiger partial charge is 0.257 e. The van der Waals surface area contributed by atoms with Crippen molar-refractivity contribution in [1.29, 1.82) is 0 Å². The van der Waals surface area contributed by atoms with Crippen molar-refractivity contribution in [3.8, 4) is 17.0 Å². The molecule has 3 rings (SSSR count). The van der Waals surface area contributed by atoms with Crippen molar-refractivity contribution in [2.75, 3.05) is 18.2 Å². The summed E-state index contributed by atoms with van der Waals surface area (Å²) in [5.41, 5.74) is 2.04. The van der Waals surface area contributed by atoms with Gasteiger partial charge in [-0.3, -0.25) is 10.1 Å². The number of sulfone groups is 1. The van der Waals surface area contributed by atoms with E-state index in [1.54, 1.807) is 0 Å². The van der Waals surface area contributed by atoms with Crippen molar-refractivity contribution in [2.24, 2.45) is 0 Å². The van der Waals surface area contributed by atoms with Gasteiger partial charge in [-0.2, -0.15) is 0 Å². The molecule has 2 aromatic carbocycles. The Hall–Kier alpha value is -2.71. The summed E-state index contributed by atoms with van der Waals surface area (Å²) in [7, 11) is -3.29. The normalized spacial score (nSPS) is 11.2. The highest BCUT2D eigenvalue weighted by Gasteiger charge is 2.12. The SMILES string of the molecule is CCOc1ccc(-c2csc(NC(=O)c3ccc(S(C)(=O)=O)cc3)n2)cc1. The van der Waals surface area contributed by atoms with Crippen LogP contribution in [0.5, 0.6) is 5.75 Å². The summed E-state index contributed by atoms with van der Waals surface area (Å²) < 4.78 is 28.4. The molecular formula is C19H18N2O4S2. The van der Waals surface area contributed by atoms with E-state index in [9.17, 15) is 13.2 Å². The van der Waals surface area contributed by atoms with Gasteiger partial charge in [0.1, 0.15) is 5.75 Å². The fourth-order valence-electron chi connectivity index (χ4n) is 2.38. The van der Waals surface area contributed by atoms with E-state index in [2.05, 4.69) is 10.3 Å². The fraction of sp³-hybridized carbons (Fsp3) is 0.158. The van der Waals surface area contributed by atoms with Crippen LogP contribution in [0.15, 0.2) is 58.8 Å². The van der Waals surface area contributed by atoms with Gasteiger partial charge in [0, 0.05) is 22.8 Å². The highest BCUT2D eigenvalue weighted by molar-refractivity contribution is 7.90. The molecule has 6 nitrogen and oxygen atoms in total. The third-order valence-electron chi connectivity index (χ3n) is 3.73. The quantitative estimate of drug-likeness (QED) is 0.677. The molecule has 1 N–H and O–H groups in total. The van der Waals surface area contributed by atoms with Gasteiger partial charge in [0.2, 0.25) is 0 Å². The number of carbonyl (C=O) groups excluding carboxylic acids is 1. The molecule has 3 aromatic rings. The van der Waals surface area contributed by atoms with Gasteiger partial charge in [-0.15, -0.1) is 11.3 Å². The Morgan fingerprint density at radius 1 is 1.11 bits per heavy atom. The average Bonchev–Trinajstić information content (AvgIpc) is 3.10. The maximum absolute atomic E-state index is 12.3. The molecule has 0 aliphatic heterocycles. The first-order valence-electron chi connectivity index (χ1n) is 8.17. The second-order valence-electron chi connectivity index (χ2n) is 5.75. The van der Waals surface area contributed by atoms with Gasteiger partial charge < -0.3 is 4.74 Å². The Morgan fingerprint density at radius 2 is 1.78 bits per heavy atom. The maximum Gasteiger partial charge on any atom is 0.257 e. The van der Waals surface area contributed by atoms with Crippen LogP contribution < -0.4 is 10.1 Å². The van der Waals surface area contributed by atoms with E-state index in [0.717, 1.165) is 23.3 Å². The first kappa shape index (κ1) is 19.1. The topological polar surface area (TPSA) is 85.4 Å². The second-order valence-corrected chi connectivity index (χ2v) is 8.62. The van der Waals surface area contributed by atoms with Crippen LogP contribution in [0.3, 0.4) is 0 Å². The van der Waals surface area contributed by atoms with E-state index in [-0.39, 0.29) is 10.8 Å². The van der Waals surface area contributed by atoms with E-state index in [0.29, 0.717) is 17.3 Å². The molecular weight excluding hydrogens is 384 g/mol. The number of benzene rings is 2. The minimum Gasteiger partial charge on any atom is -0.494 e. The number of rotatable bonds is 6. The fourth-order valence-corrected chi connectivity index (χ4v) is 3.72. The summed E-state index contributed by atoms with van der Waals surface area (Å²) in [5.74, 6) is 0.449. The van der Waals surface area contributed by atoms with E-state index in [4.69, 9.17) is 4.74 Å². The molecule has 1 heterocycles. The molecule has 0 radical (unpaired) electrons. The van der Waals surface area contributed by atoms with Crippen LogP contribution in [-0.4, -0.2) is 32.2 Å². The molecule has 0 aliphatic carbocycles. The van der Waals surface area contributed by atoms with Gasteiger partial charge in [0.05, 0.1) is 17.2 Å². The van der Waals surface area contributed by atoms with Gasteiger partial charge >= 0.3 is 0 Å². The molecule has 27 heavy (non-hydrogen) atoms. The lowest BCUT2D eigenvalue weighted by molar-refractivity contribution is 0.102. The number of thiazole rings is 1. The highest BCUT2D eigenvalue weighted by atomic mass is 32.2. The van der Waals surface area contributed by atoms with Crippen LogP contribution in [0.2, 0.25) is 0 Å². The van der Waals surface area contributed by atoms with E-state index >= 15 is 0 Å². The highest BCUT2D eigenvalue weighted by Crippen LogP contribution is 2.27. The zero-order valence-electron chi connectivity index (χ0n) is 14.8. The van der Waals surface area contributed by atoms with Gasteiger partial charge in [-0.25, -0.2) is 13.4 Å². The van der Waals surface area contributed by atoms with Crippen LogP contribution in [0, 0.1) is 0 Å². The lowest BCUT2D eigenvalue weighted by Gasteiger charge is -2.04. The number of carbonyl (C=O) groups is 1. The van der Waals surface area contributed by atoms with Crippen molar-refractivity contribution in [3.05, 3.63) is 59.5 Å². The summed E-state index contributed by atoms with van der Waals surface area (Å²) in [5, 5.41) is 5.06. The molecule has 0 saturated heterocycles. The van der Waals surface area contributed by atoms with Gasteiger partial charge in [-0.1, -0.05) is 0 Å². The molecule has 0 atom stereocenters. The standard InChI is InChI=1S/C19H18N2O4S2/c1-3-25-15-8-4-13(5-9-15)17-12-26-19(20-17)21-18(22)14-6-10-16(11-7-14)27(2,23)24/h4-12H,3H2,1-2H3,(H,20,21,22). The summed E-state index contributed by atoms with van der Waals surface area (Å²) in [6.07, 6.45) is 1.13. The first-order valence-corrected chi connectivity index (χ1v) is 10.9. The number of hydrogen-bond acceptors (Lipinski definition) is 6. The summed E-state index contributed by atoms with van der Waals surface area (Å²) in [6, 6.07) is 13.4. The molecule has 1 aromatic heterocycles. The zero-order chi connectivity index (χ0) is 19.4. The minimum absolute atomic E-state index is 0.172. The Labute approximate surface area is 161 Å². The molecule has 0 spiro atoms. The Bertz CT molecular complexity index is 1040. The number of aromatic nitrogens is 1. The largest absolute Gasteiger partial charge is 0.494 e. The minimum atomic E-state index is -3.29. The number of hydrogen-bond donors (Lipinski definition) is 1. The van der Waals surface area contributed by atoms with E-state index < -0.39 is 9.84 Å². The van der Waals surface area contributed by atoms with Gasteiger partial charge in [0.15, 0.2) is 15.0 Å². The van der Waals surface area contributed by atoms with Gasteiger partial charge in [0.25, 0.3) is 5.91 Å².